The molecule has 0 spiro atoms. The molecule has 0 N–H and O–H groups in total. The molecular weight excluding hydrogens is 148 g/mol. The molecule has 0 aliphatic rings. The Balaban J connectivity index is 3.07. The van der Waals surface area contributed by atoms with E-state index in [1.807, 2.05) is 6.07 Å². The molecule has 0 aliphatic carbocycles. The molecule has 0 saturated carbocycles. The Morgan fingerprint density at radius 1 is 1.50 bits per heavy atom. The Morgan fingerprint density at radius 2 is 2.20 bits per heavy atom. The zero-order chi connectivity index (χ0) is 7.56. The Kier molecular flexibility index (Phi) is 2.17. The molecular formula is C8H8ClO. The van der Waals surface area contributed by atoms with Gasteiger partial charge in [-0.05, 0) is 24.6 Å². The molecule has 1 radical (unpaired) electrons. The number of methoxy groups -OCH3 is 1. The van der Waals surface area contributed by atoms with E-state index in [0.717, 1.165) is 5.56 Å². The van der Waals surface area contributed by atoms with Crippen molar-refractivity contribution in [3.05, 3.63) is 35.7 Å². The van der Waals surface area contributed by atoms with Gasteiger partial charge in [0.05, 0.1) is 12.1 Å². The molecule has 1 aromatic carbocycles. The average Bonchev–Trinajstić information content (AvgIpc) is 1.88. The molecule has 53 valence electrons. The van der Waals surface area contributed by atoms with E-state index >= 15 is 0 Å². The van der Waals surface area contributed by atoms with E-state index in [0.29, 0.717) is 10.8 Å². The standard InChI is InChI=1S/C8H8ClO/c1-6-3-4-8(10-2)7(9)5-6/h3-5H,1H2,2H3. The largest absolute Gasteiger partial charge is 0.495 e. The first-order valence-electron chi connectivity index (χ1n) is 2.89. The van der Waals surface area contributed by atoms with Crippen LogP contribution >= 0.6 is 11.6 Å². The van der Waals surface area contributed by atoms with Crippen LogP contribution in [0.4, 0.5) is 0 Å². The van der Waals surface area contributed by atoms with Gasteiger partial charge in [0.2, 0.25) is 0 Å². The van der Waals surface area contributed by atoms with Crippen molar-refractivity contribution in [1.82, 2.24) is 0 Å². The number of rotatable bonds is 1. The molecule has 1 rings (SSSR count). The van der Waals surface area contributed by atoms with Crippen LogP contribution in [-0.2, 0) is 0 Å². The molecule has 1 aromatic rings. The van der Waals surface area contributed by atoms with Crippen LogP contribution in [0.2, 0.25) is 5.02 Å². The van der Waals surface area contributed by atoms with Crippen LogP contribution in [0.5, 0.6) is 5.75 Å². The van der Waals surface area contributed by atoms with Crippen LogP contribution in [0.25, 0.3) is 0 Å². The molecule has 0 aromatic heterocycles. The van der Waals surface area contributed by atoms with Crippen molar-refractivity contribution in [2.45, 2.75) is 0 Å². The summed E-state index contributed by atoms with van der Waals surface area (Å²) in [6.07, 6.45) is 0. The maximum absolute atomic E-state index is 5.76. The highest BCUT2D eigenvalue weighted by Crippen LogP contribution is 2.24. The maximum Gasteiger partial charge on any atom is 0.137 e. The summed E-state index contributed by atoms with van der Waals surface area (Å²) in [7, 11) is 1.59. The molecule has 0 aliphatic heterocycles. The monoisotopic (exact) mass is 155 g/mol. The van der Waals surface area contributed by atoms with Crippen LogP contribution in [0.15, 0.2) is 18.2 Å². The van der Waals surface area contributed by atoms with E-state index < -0.39 is 0 Å². The van der Waals surface area contributed by atoms with Crippen molar-refractivity contribution in [3.8, 4) is 5.75 Å². The van der Waals surface area contributed by atoms with E-state index in [4.69, 9.17) is 16.3 Å². The summed E-state index contributed by atoms with van der Waals surface area (Å²) in [6.45, 7) is 3.72. The lowest BCUT2D eigenvalue weighted by molar-refractivity contribution is 0.415. The summed E-state index contributed by atoms with van der Waals surface area (Å²) < 4.78 is 4.94. The summed E-state index contributed by atoms with van der Waals surface area (Å²) in [4.78, 5) is 0. The summed E-state index contributed by atoms with van der Waals surface area (Å²) in [5.41, 5.74) is 0.894. The third kappa shape index (κ3) is 1.42. The van der Waals surface area contributed by atoms with Gasteiger partial charge in [-0.3, -0.25) is 0 Å². The molecule has 10 heavy (non-hydrogen) atoms. The Labute approximate surface area is 65.6 Å². The molecule has 0 unspecified atom stereocenters. The van der Waals surface area contributed by atoms with Gasteiger partial charge in [-0.25, -0.2) is 0 Å². The van der Waals surface area contributed by atoms with Crippen molar-refractivity contribution in [2.24, 2.45) is 0 Å². The highest BCUT2D eigenvalue weighted by molar-refractivity contribution is 6.32. The van der Waals surface area contributed by atoms with Gasteiger partial charge >= 0.3 is 0 Å². The highest BCUT2D eigenvalue weighted by Gasteiger charge is 1.97. The predicted molar refractivity (Wildman–Crippen MR) is 42.5 cm³/mol. The predicted octanol–water partition coefficient (Wildman–Crippen LogP) is 2.53. The van der Waals surface area contributed by atoms with E-state index in [9.17, 15) is 0 Å². The normalized spacial score (nSPS) is 9.50. The number of halogens is 1. The molecule has 2 heteroatoms. The topological polar surface area (TPSA) is 9.23 Å². The second-order valence-electron chi connectivity index (χ2n) is 1.97. The maximum atomic E-state index is 5.76. The average molecular weight is 156 g/mol. The Bertz CT molecular complexity index is 233. The molecule has 0 saturated heterocycles. The van der Waals surface area contributed by atoms with Gasteiger partial charge in [-0.15, -0.1) is 0 Å². The van der Waals surface area contributed by atoms with Crippen molar-refractivity contribution in [2.75, 3.05) is 7.11 Å². The van der Waals surface area contributed by atoms with Gasteiger partial charge in [-0.1, -0.05) is 17.7 Å². The summed E-state index contributed by atoms with van der Waals surface area (Å²) in [5, 5.41) is 0.606. The minimum Gasteiger partial charge on any atom is -0.495 e. The molecule has 0 atom stereocenters. The highest BCUT2D eigenvalue weighted by atomic mass is 35.5. The van der Waals surface area contributed by atoms with Gasteiger partial charge in [0, 0.05) is 0 Å². The minimum atomic E-state index is 0.606. The van der Waals surface area contributed by atoms with Crippen LogP contribution < -0.4 is 4.74 Å². The van der Waals surface area contributed by atoms with Crippen LogP contribution in [0, 0.1) is 6.92 Å². The van der Waals surface area contributed by atoms with Gasteiger partial charge < -0.3 is 4.74 Å². The van der Waals surface area contributed by atoms with Gasteiger partial charge in [0.1, 0.15) is 5.75 Å². The molecule has 1 nitrogen and oxygen atoms in total. The van der Waals surface area contributed by atoms with E-state index in [2.05, 4.69) is 6.92 Å². The van der Waals surface area contributed by atoms with E-state index in [-0.39, 0.29) is 0 Å². The van der Waals surface area contributed by atoms with Crippen molar-refractivity contribution >= 4 is 11.6 Å². The van der Waals surface area contributed by atoms with Crippen LogP contribution in [0.3, 0.4) is 0 Å². The lowest BCUT2D eigenvalue weighted by Gasteiger charge is -2.01. The third-order valence-corrected chi connectivity index (χ3v) is 1.51. The first-order chi connectivity index (χ1) is 4.74. The SMILES string of the molecule is [CH2]c1ccc(OC)c(Cl)c1. The number of hydrogen-bond donors (Lipinski definition) is 0. The van der Waals surface area contributed by atoms with E-state index in [1.165, 1.54) is 0 Å². The second kappa shape index (κ2) is 2.93. The van der Waals surface area contributed by atoms with Crippen molar-refractivity contribution < 1.29 is 4.74 Å². The fourth-order valence-electron chi connectivity index (χ4n) is 0.710. The van der Waals surface area contributed by atoms with Crippen molar-refractivity contribution in [1.29, 1.82) is 0 Å². The van der Waals surface area contributed by atoms with Gasteiger partial charge in [0.25, 0.3) is 0 Å². The minimum absolute atomic E-state index is 0.606. The quantitative estimate of drug-likeness (QED) is 0.606. The number of ether oxygens (including phenoxy) is 1. The van der Waals surface area contributed by atoms with Crippen LogP contribution in [-0.4, -0.2) is 7.11 Å². The fourth-order valence-corrected chi connectivity index (χ4v) is 0.990. The first kappa shape index (κ1) is 7.42. The number of benzene rings is 1. The first-order valence-corrected chi connectivity index (χ1v) is 3.27. The third-order valence-electron chi connectivity index (χ3n) is 1.22. The smallest absolute Gasteiger partial charge is 0.137 e. The number of hydrogen-bond acceptors (Lipinski definition) is 1. The van der Waals surface area contributed by atoms with Gasteiger partial charge in [0.15, 0.2) is 0 Å². The zero-order valence-corrected chi connectivity index (χ0v) is 6.48. The summed E-state index contributed by atoms with van der Waals surface area (Å²) in [5.74, 6) is 0.689. The van der Waals surface area contributed by atoms with Crippen molar-refractivity contribution in [3.63, 3.8) is 0 Å². The fraction of sp³-hybridized carbons (Fsp3) is 0.125. The Morgan fingerprint density at radius 3 is 2.70 bits per heavy atom. The van der Waals surface area contributed by atoms with E-state index in [1.54, 1.807) is 19.2 Å². The van der Waals surface area contributed by atoms with Gasteiger partial charge in [-0.2, -0.15) is 0 Å². The zero-order valence-electron chi connectivity index (χ0n) is 5.73. The Hall–Kier alpha value is -0.690. The second-order valence-corrected chi connectivity index (χ2v) is 2.38. The van der Waals surface area contributed by atoms with Crippen LogP contribution in [0.1, 0.15) is 5.56 Å². The lowest BCUT2D eigenvalue weighted by atomic mass is 10.2. The molecule has 0 bridgehead atoms. The summed E-state index contributed by atoms with van der Waals surface area (Å²) in [6, 6.07) is 5.41. The molecule has 0 fully saturated rings. The summed E-state index contributed by atoms with van der Waals surface area (Å²) >= 11 is 5.76. The molecule has 0 amide bonds. The lowest BCUT2D eigenvalue weighted by Crippen LogP contribution is -1.83. The molecule has 0 heterocycles.